The molecule has 6 nitrogen and oxygen atoms in total. The number of nitrogens with one attached hydrogen (secondary N) is 1. The van der Waals surface area contributed by atoms with E-state index in [-0.39, 0.29) is 23.8 Å². The zero-order chi connectivity index (χ0) is 10.8. The molecular weight excluding hydrogens is 194 g/mol. The molecule has 2 heterocycles. The molecule has 0 radical (unpaired) electrons. The third kappa shape index (κ3) is 1.84. The van der Waals surface area contributed by atoms with Crippen LogP contribution in [0.25, 0.3) is 0 Å². The SMILES string of the molecule is C[C@@H]1CCC[C@H](C)N1C(=O)c1nn[nH]n1. The Bertz CT molecular complexity index is 326. The first kappa shape index (κ1) is 10.1. The quantitative estimate of drug-likeness (QED) is 0.735. The average Bonchev–Trinajstić information content (AvgIpc) is 2.69. The molecule has 1 fully saturated rings. The normalized spacial score (nSPS) is 26.7. The van der Waals surface area contributed by atoms with Crippen molar-refractivity contribution in [2.75, 3.05) is 0 Å². The van der Waals surface area contributed by atoms with Gasteiger partial charge in [-0.2, -0.15) is 5.21 Å². The molecule has 0 spiro atoms. The fourth-order valence-corrected chi connectivity index (χ4v) is 2.19. The van der Waals surface area contributed by atoms with Gasteiger partial charge in [0.15, 0.2) is 0 Å². The number of amides is 1. The predicted octanol–water partition coefficient (Wildman–Crippen LogP) is 0.603. The molecule has 15 heavy (non-hydrogen) atoms. The standard InChI is InChI=1S/C9H15N5O/c1-6-4-3-5-7(2)14(6)9(15)8-10-12-13-11-8/h6-7H,3-5H2,1-2H3,(H,10,11,12,13)/t6-,7+. The van der Waals surface area contributed by atoms with Gasteiger partial charge in [0.1, 0.15) is 0 Å². The molecule has 0 bridgehead atoms. The Morgan fingerprint density at radius 2 is 2.07 bits per heavy atom. The van der Waals surface area contributed by atoms with Crippen LogP contribution in [-0.4, -0.2) is 43.5 Å². The number of tetrazole rings is 1. The summed E-state index contributed by atoms with van der Waals surface area (Å²) in [5.41, 5.74) is 0. The Labute approximate surface area is 88.0 Å². The highest BCUT2D eigenvalue weighted by atomic mass is 16.2. The molecule has 2 atom stereocenters. The second-order valence-electron chi connectivity index (χ2n) is 4.08. The third-order valence-electron chi connectivity index (χ3n) is 2.96. The summed E-state index contributed by atoms with van der Waals surface area (Å²) in [6.45, 7) is 4.13. The van der Waals surface area contributed by atoms with Gasteiger partial charge < -0.3 is 4.90 Å². The van der Waals surface area contributed by atoms with Gasteiger partial charge >= 0.3 is 0 Å². The number of rotatable bonds is 1. The predicted molar refractivity (Wildman–Crippen MR) is 53.1 cm³/mol. The van der Waals surface area contributed by atoms with Crippen LogP contribution in [0.5, 0.6) is 0 Å². The van der Waals surface area contributed by atoms with Crippen LogP contribution in [0.2, 0.25) is 0 Å². The van der Waals surface area contributed by atoms with Gasteiger partial charge in [0.2, 0.25) is 0 Å². The van der Waals surface area contributed by atoms with E-state index in [0.717, 1.165) is 12.8 Å². The fourth-order valence-electron chi connectivity index (χ4n) is 2.19. The second-order valence-corrected chi connectivity index (χ2v) is 4.08. The van der Waals surface area contributed by atoms with E-state index in [9.17, 15) is 4.79 Å². The lowest BCUT2D eigenvalue weighted by molar-refractivity contribution is 0.0498. The molecule has 0 unspecified atom stereocenters. The van der Waals surface area contributed by atoms with Gasteiger partial charge in [-0.1, -0.05) is 0 Å². The van der Waals surface area contributed by atoms with Gasteiger partial charge in [0.25, 0.3) is 11.7 Å². The highest BCUT2D eigenvalue weighted by molar-refractivity contribution is 5.90. The minimum Gasteiger partial charge on any atom is -0.330 e. The molecule has 1 aliphatic heterocycles. The van der Waals surface area contributed by atoms with Crippen molar-refractivity contribution in [3.05, 3.63) is 5.82 Å². The van der Waals surface area contributed by atoms with Crippen molar-refractivity contribution < 1.29 is 4.79 Å². The Hall–Kier alpha value is -1.46. The minimum atomic E-state index is -0.122. The van der Waals surface area contributed by atoms with Crippen LogP contribution in [0.3, 0.4) is 0 Å². The highest BCUT2D eigenvalue weighted by Gasteiger charge is 2.31. The first-order valence-electron chi connectivity index (χ1n) is 5.26. The van der Waals surface area contributed by atoms with E-state index in [1.54, 1.807) is 0 Å². The Morgan fingerprint density at radius 1 is 1.40 bits per heavy atom. The smallest absolute Gasteiger partial charge is 0.295 e. The van der Waals surface area contributed by atoms with Crippen LogP contribution in [0.1, 0.15) is 43.7 Å². The van der Waals surface area contributed by atoms with Crippen molar-refractivity contribution in [2.45, 2.75) is 45.2 Å². The monoisotopic (exact) mass is 209 g/mol. The zero-order valence-electron chi connectivity index (χ0n) is 8.97. The Morgan fingerprint density at radius 3 is 2.60 bits per heavy atom. The number of nitrogens with zero attached hydrogens (tertiary/aromatic N) is 4. The summed E-state index contributed by atoms with van der Waals surface area (Å²) < 4.78 is 0. The van der Waals surface area contributed by atoms with Crippen molar-refractivity contribution in [1.29, 1.82) is 0 Å². The number of hydrogen-bond donors (Lipinski definition) is 1. The maximum Gasteiger partial charge on any atom is 0.295 e. The molecule has 1 aromatic rings. The summed E-state index contributed by atoms with van der Waals surface area (Å²) in [5.74, 6) is 0.0408. The number of likely N-dealkylation sites (tertiary alicyclic amines) is 1. The fraction of sp³-hybridized carbons (Fsp3) is 0.778. The molecule has 1 saturated heterocycles. The Balaban J connectivity index is 2.17. The van der Waals surface area contributed by atoms with Crippen LogP contribution < -0.4 is 0 Å². The van der Waals surface area contributed by atoms with E-state index in [2.05, 4.69) is 34.5 Å². The maximum atomic E-state index is 12.0. The number of aromatic amines is 1. The van der Waals surface area contributed by atoms with Crippen LogP contribution >= 0.6 is 0 Å². The van der Waals surface area contributed by atoms with E-state index in [4.69, 9.17) is 0 Å². The molecule has 1 aromatic heterocycles. The van der Waals surface area contributed by atoms with Crippen molar-refractivity contribution in [3.8, 4) is 0 Å². The second kappa shape index (κ2) is 3.96. The molecule has 0 saturated carbocycles. The summed E-state index contributed by atoms with van der Waals surface area (Å²) in [7, 11) is 0. The van der Waals surface area contributed by atoms with Crippen molar-refractivity contribution in [3.63, 3.8) is 0 Å². The molecule has 1 N–H and O–H groups in total. The Kier molecular flexibility index (Phi) is 2.66. The van der Waals surface area contributed by atoms with Gasteiger partial charge in [0.05, 0.1) is 0 Å². The minimum absolute atomic E-state index is 0.122. The maximum absolute atomic E-state index is 12.0. The van der Waals surface area contributed by atoms with Gasteiger partial charge in [-0.05, 0) is 38.3 Å². The van der Waals surface area contributed by atoms with Gasteiger partial charge in [0, 0.05) is 12.1 Å². The molecular formula is C9H15N5O. The number of piperidine rings is 1. The van der Waals surface area contributed by atoms with Gasteiger partial charge in [-0.15, -0.1) is 10.2 Å². The van der Waals surface area contributed by atoms with Crippen LogP contribution in [0, 0.1) is 0 Å². The van der Waals surface area contributed by atoms with Crippen molar-refractivity contribution >= 4 is 5.91 Å². The summed E-state index contributed by atoms with van der Waals surface area (Å²) >= 11 is 0. The lowest BCUT2D eigenvalue weighted by atomic mass is 9.97. The number of aromatic nitrogens is 4. The van der Waals surface area contributed by atoms with E-state index in [1.807, 2.05) is 4.90 Å². The van der Waals surface area contributed by atoms with Gasteiger partial charge in [-0.3, -0.25) is 4.79 Å². The molecule has 2 rings (SSSR count). The highest BCUT2D eigenvalue weighted by Crippen LogP contribution is 2.23. The van der Waals surface area contributed by atoms with Crippen LogP contribution in [0.4, 0.5) is 0 Å². The van der Waals surface area contributed by atoms with Crippen molar-refractivity contribution in [1.82, 2.24) is 25.5 Å². The molecule has 6 heteroatoms. The third-order valence-corrected chi connectivity index (χ3v) is 2.96. The first-order chi connectivity index (χ1) is 7.20. The van der Waals surface area contributed by atoms with E-state index < -0.39 is 0 Å². The van der Waals surface area contributed by atoms with E-state index in [0.29, 0.717) is 0 Å². The summed E-state index contributed by atoms with van der Waals surface area (Å²) in [4.78, 5) is 13.9. The van der Waals surface area contributed by atoms with E-state index in [1.165, 1.54) is 6.42 Å². The van der Waals surface area contributed by atoms with Crippen molar-refractivity contribution in [2.24, 2.45) is 0 Å². The summed E-state index contributed by atoms with van der Waals surface area (Å²) in [5, 5.41) is 13.1. The first-order valence-corrected chi connectivity index (χ1v) is 5.26. The summed E-state index contributed by atoms with van der Waals surface area (Å²) in [6, 6.07) is 0.527. The molecule has 0 aliphatic carbocycles. The number of carbonyl (C=O) groups excluding carboxylic acids is 1. The number of carbonyl (C=O) groups is 1. The zero-order valence-corrected chi connectivity index (χ0v) is 8.97. The molecule has 1 aliphatic rings. The lowest BCUT2D eigenvalue weighted by Gasteiger charge is -2.38. The lowest BCUT2D eigenvalue weighted by Crippen LogP contribution is -2.47. The van der Waals surface area contributed by atoms with E-state index >= 15 is 0 Å². The number of hydrogen-bond acceptors (Lipinski definition) is 4. The van der Waals surface area contributed by atoms with Gasteiger partial charge in [-0.25, -0.2) is 0 Å². The molecule has 0 aromatic carbocycles. The average molecular weight is 209 g/mol. The summed E-state index contributed by atoms with van der Waals surface area (Å²) in [6.07, 6.45) is 3.28. The largest absolute Gasteiger partial charge is 0.330 e. The molecule has 1 amide bonds. The van der Waals surface area contributed by atoms with Crippen LogP contribution in [-0.2, 0) is 0 Å². The molecule has 82 valence electrons. The number of H-pyrrole nitrogens is 1. The topological polar surface area (TPSA) is 74.8 Å². The van der Waals surface area contributed by atoms with Crippen LogP contribution in [0.15, 0.2) is 0 Å².